The molecule has 0 spiro atoms. The van der Waals surface area contributed by atoms with E-state index in [0.717, 1.165) is 5.56 Å². The van der Waals surface area contributed by atoms with Gasteiger partial charge in [-0.1, -0.05) is 65.0 Å². The maximum Gasteiger partial charge on any atom is 0.407 e. The van der Waals surface area contributed by atoms with Crippen molar-refractivity contribution in [1.82, 2.24) is 20.4 Å². The van der Waals surface area contributed by atoms with Crippen LogP contribution in [0, 0.1) is 11.3 Å². The SMILES string of the molecule is CC(C)C[C@@](NC(=O)O)(C(=O)N1CCN(C(=O)CNC(=O)OCc2ccccc2)CC1)C(C)(C)C. The molecule has 10 heteroatoms. The standard InChI is InChI=1S/C25H38N4O6/c1-18(2)15-25(24(3,4)5,27-22(32)33)21(31)29-13-11-28(12-14-29)20(30)16-26-23(34)35-17-19-9-7-6-8-10-19/h6-10,18,27H,11-17H2,1-5H3,(H,26,34)(H,32,33)/t25-/m1/s1. The van der Waals surface area contributed by atoms with Crippen LogP contribution in [0.25, 0.3) is 0 Å². The molecule has 1 aliphatic rings. The summed E-state index contributed by atoms with van der Waals surface area (Å²) in [6, 6.07) is 9.22. The van der Waals surface area contributed by atoms with Gasteiger partial charge in [0.2, 0.25) is 11.8 Å². The Morgan fingerprint density at radius 2 is 1.57 bits per heavy atom. The van der Waals surface area contributed by atoms with E-state index < -0.39 is 23.1 Å². The van der Waals surface area contributed by atoms with Crippen molar-refractivity contribution in [2.75, 3.05) is 32.7 Å². The molecule has 1 heterocycles. The third-order valence-electron chi connectivity index (χ3n) is 6.20. The molecule has 1 aromatic rings. The number of piperazine rings is 1. The first-order valence-electron chi connectivity index (χ1n) is 11.9. The zero-order chi connectivity index (χ0) is 26.2. The summed E-state index contributed by atoms with van der Waals surface area (Å²) >= 11 is 0. The van der Waals surface area contributed by atoms with Crippen LogP contribution in [0.5, 0.6) is 0 Å². The highest BCUT2D eigenvalue weighted by atomic mass is 16.5. The molecule has 0 unspecified atom stereocenters. The molecule has 0 saturated carbocycles. The number of nitrogens with one attached hydrogen (secondary N) is 2. The minimum absolute atomic E-state index is 0.0839. The van der Waals surface area contributed by atoms with E-state index in [9.17, 15) is 24.3 Å². The maximum absolute atomic E-state index is 13.6. The molecule has 0 aliphatic carbocycles. The first-order chi connectivity index (χ1) is 16.4. The number of carbonyl (C=O) groups is 4. The number of ether oxygens (including phenoxy) is 1. The van der Waals surface area contributed by atoms with Crippen LogP contribution < -0.4 is 10.6 Å². The van der Waals surface area contributed by atoms with Crippen LogP contribution in [0.15, 0.2) is 30.3 Å². The molecule has 3 N–H and O–H groups in total. The largest absolute Gasteiger partial charge is 0.465 e. The zero-order valence-electron chi connectivity index (χ0n) is 21.3. The normalized spacial score (nSPS) is 15.8. The molecule has 0 radical (unpaired) electrons. The van der Waals surface area contributed by atoms with E-state index in [-0.39, 0.29) is 44.0 Å². The highest BCUT2D eigenvalue weighted by Gasteiger charge is 2.52. The van der Waals surface area contributed by atoms with Gasteiger partial charge in [-0.15, -0.1) is 0 Å². The summed E-state index contributed by atoms with van der Waals surface area (Å²) in [7, 11) is 0. The highest BCUT2D eigenvalue weighted by Crippen LogP contribution is 2.37. The number of carboxylic acid groups (broad SMARTS) is 1. The number of nitrogens with zero attached hydrogens (tertiary/aromatic N) is 2. The predicted octanol–water partition coefficient (Wildman–Crippen LogP) is 2.68. The second-order valence-electron chi connectivity index (χ2n) is 10.3. The summed E-state index contributed by atoms with van der Waals surface area (Å²) in [6.45, 7) is 10.5. The van der Waals surface area contributed by atoms with Crippen molar-refractivity contribution >= 4 is 24.0 Å². The number of rotatable bonds is 8. The van der Waals surface area contributed by atoms with Gasteiger partial charge in [-0.2, -0.15) is 0 Å². The van der Waals surface area contributed by atoms with Crippen molar-refractivity contribution in [3.63, 3.8) is 0 Å². The maximum atomic E-state index is 13.6. The van der Waals surface area contributed by atoms with Gasteiger partial charge >= 0.3 is 12.2 Å². The van der Waals surface area contributed by atoms with Crippen molar-refractivity contribution in [3.8, 4) is 0 Å². The molecule has 1 aliphatic heterocycles. The Bertz CT molecular complexity index is 891. The van der Waals surface area contributed by atoms with Crippen LogP contribution in [0.4, 0.5) is 9.59 Å². The van der Waals surface area contributed by atoms with Crippen LogP contribution in [-0.4, -0.2) is 77.2 Å². The van der Waals surface area contributed by atoms with E-state index in [1.165, 1.54) is 0 Å². The van der Waals surface area contributed by atoms with E-state index in [4.69, 9.17) is 4.74 Å². The number of hydrogen-bond acceptors (Lipinski definition) is 5. The van der Waals surface area contributed by atoms with Gasteiger partial charge in [0, 0.05) is 26.2 Å². The average Bonchev–Trinajstić information content (AvgIpc) is 2.79. The van der Waals surface area contributed by atoms with Crippen molar-refractivity contribution < 1.29 is 29.0 Å². The summed E-state index contributed by atoms with van der Waals surface area (Å²) < 4.78 is 5.12. The van der Waals surface area contributed by atoms with Crippen LogP contribution in [-0.2, 0) is 20.9 Å². The summed E-state index contributed by atoms with van der Waals surface area (Å²) in [4.78, 5) is 53.0. The molecule has 35 heavy (non-hydrogen) atoms. The smallest absolute Gasteiger partial charge is 0.407 e. The molecular weight excluding hydrogens is 452 g/mol. The number of hydrogen-bond donors (Lipinski definition) is 3. The van der Waals surface area contributed by atoms with Crippen LogP contribution in [0.1, 0.15) is 46.6 Å². The Hall–Kier alpha value is -3.30. The van der Waals surface area contributed by atoms with Crippen molar-refractivity contribution in [1.29, 1.82) is 0 Å². The fourth-order valence-corrected chi connectivity index (χ4v) is 4.26. The van der Waals surface area contributed by atoms with Gasteiger partial charge in [0.15, 0.2) is 0 Å². The van der Waals surface area contributed by atoms with Gasteiger partial charge in [0.1, 0.15) is 18.7 Å². The molecule has 0 bridgehead atoms. The average molecular weight is 491 g/mol. The van der Waals surface area contributed by atoms with E-state index >= 15 is 0 Å². The Morgan fingerprint density at radius 1 is 1.00 bits per heavy atom. The number of amides is 4. The van der Waals surface area contributed by atoms with Crippen molar-refractivity contribution in [2.45, 2.75) is 53.2 Å². The van der Waals surface area contributed by atoms with E-state index in [2.05, 4.69) is 10.6 Å². The molecule has 1 atom stereocenters. The lowest BCUT2D eigenvalue weighted by molar-refractivity contribution is -0.148. The van der Waals surface area contributed by atoms with Crippen molar-refractivity contribution in [2.24, 2.45) is 11.3 Å². The highest BCUT2D eigenvalue weighted by molar-refractivity contribution is 5.91. The molecule has 2 rings (SSSR count). The predicted molar refractivity (Wildman–Crippen MR) is 131 cm³/mol. The van der Waals surface area contributed by atoms with Crippen LogP contribution >= 0.6 is 0 Å². The fourth-order valence-electron chi connectivity index (χ4n) is 4.26. The first-order valence-corrected chi connectivity index (χ1v) is 11.9. The molecular formula is C25H38N4O6. The van der Waals surface area contributed by atoms with Gasteiger partial charge in [0.25, 0.3) is 0 Å². The lowest BCUT2D eigenvalue weighted by Crippen LogP contribution is -2.68. The molecule has 194 valence electrons. The van der Waals surface area contributed by atoms with E-state index in [1.807, 2.05) is 65.0 Å². The lowest BCUT2D eigenvalue weighted by Gasteiger charge is -2.48. The van der Waals surface area contributed by atoms with Crippen LogP contribution in [0.2, 0.25) is 0 Å². The van der Waals surface area contributed by atoms with E-state index in [1.54, 1.807) is 9.80 Å². The van der Waals surface area contributed by atoms with Gasteiger partial charge in [0.05, 0.1) is 0 Å². The number of benzene rings is 1. The molecule has 4 amide bonds. The second kappa shape index (κ2) is 11.9. The Labute approximate surface area is 207 Å². The lowest BCUT2D eigenvalue weighted by atomic mass is 9.68. The molecule has 0 aromatic heterocycles. The quantitative estimate of drug-likeness (QED) is 0.514. The van der Waals surface area contributed by atoms with E-state index in [0.29, 0.717) is 19.5 Å². The van der Waals surface area contributed by atoms with Crippen LogP contribution in [0.3, 0.4) is 0 Å². The second-order valence-corrected chi connectivity index (χ2v) is 10.3. The summed E-state index contributed by atoms with van der Waals surface area (Å²) in [5.41, 5.74) is -1.11. The van der Waals surface area contributed by atoms with Crippen molar-refractivity contribution in [3.05, 3.63) is 35.9 Å². The van der Waals surface area contributed by atoms with Gasteiger partial charge in [-0.3, -0.25) is 9.59 Å². The molecule has 1 fully saturated rings. The molecule has 1 aromatic carbocycles. The minimum atomic E-state index is -1.29. The topological polar surface area (TPSA) is 128 Å². The minimum Gasteiger partial charge on any atom is -0.465 e. The summed E-state index contributed by atoms with van der Waals surface area (Å²) in [5.74, 6) is -0.474. The number of alkyl carbamates (subject to hydrolysis) is 1. The summed E-state index contributed by atoms with van der Waals surface area (Å²) in [6.07, 6.45) is -1.57. The van der Waals surface area contributed by atoms with Gasteiger partial charge < -0.3 is 30.3 Å². The Balaban J connectivity index is 1.92. The summed E-state index contributed by atoms with van der Waals surface area (Å²) in [5, 5.41) is 14.5. The number of carbonyl (C=O) groups excluding carboxylic acids is 3. The van der Waals surface area contributed by atoms with Gasteiger partial charge in [-0.05, 0) is 23.3 Å². The Kier molecular flexibility index (Phi) is 9.50. The monoisotopic (exact) mass is 490 g/mol. The van der Waals surface area contributed by atoms with Gasteiger partial charge in [-0.25, -0.2) is 9.59 Å². The molecule has 10 nitrogen and oxygen atoms in total. The third-order valence-corrected chi connectivity index (χ3v) is 6.20. The Morgan fingerprint density at radius 3 is 2.09 bits per heavy atom. The molecule has 1 saturated heterocycles. The third kappa shape index (κ3) is 7.60. The zero-order valence-corrected chi connectivity index (χ0v) is 21.3. The first kappa shape index (κ1) is 27.9. The fraction of sp³-hybridized carbons (Fsp3) is 0.600.